The predicted molar refractivity (Wildman–Crippen MR) is 116 cm³/mol. The van der Waals surface area contributed by atoms with E-state index in [9.17, 15) is 26.4 Å². The summed E-state index contributed by atoms with van der Waals surface area (Å²) in [6, 6.07) is 11.0. The van der Waals surface area contributed by atoms with E-state index in [1.807, 2.05) is 0 Å². The van der Waals surface area contributed by atoms with Gasteiger partial charge in [0.2, 0.25) is 0 Å². The highest BCUT2D eigenvalue weighted by molar-refractivity contribution is 7.92. The van der Waals surface area contributed by atoms with Gasteiger partial charge in [-0.25, -0.2) is 8.42 Å². The summed E-state index contributed by atoms with van der Waals surface area (Å²) in [6.45, 7) is 2.22. The van der Waals surface area contributed by atoms with Crippen molar-refractivity contribution in [1.29, 1.82) is 0 Å². The van der Waals surface area contributed by atoms with Gasteiger partial charge in [-0.2, -0.15) is 13.2 Å². The van der Waals surface area contributed by atoms with E-state index >= 15 is 0 Å². The van der Waals surface area contributed by atoms with Gasteiger partial charge in [0.25, 0.3) is 15.9 Å². The second-order valence-corrected chi connectivity index (χ2v) is 8.70. The van der Waals surface area contributed by atoms with Crippen LogP contribution in [0.5, 0.6) is 11.5 Å². The van der Waals surface area contributed by atoms with Gasteiger partial charge in [-0.3, -0.25) is 14.5 Å². The summed E-state index contributed by atoms with van der Waals surface area (Å²) in [7, 11) is -4.31. The molecule has 0 spiro atoms. The number of hydrogen-bond donors (Lipinski definition) is 2. The van der Waals surface area contributed by atoms with Gasteiger partial charge in [0.05, 0.1) is 15.5 Å². The number of nitrogens with one attached hydrogen (secondary N) is 2. The van der Waals surface area contributed by atoms with E-state index in [4.69, 9.17) is 16.3 Å². The largest absolute Gasteiger partial charge is 0.457 e. The van der Waals surface area contributed by atoms with E-state index < -0.39 is 31.7 Å². The number of amides is 1. The first-order valence-electron chi connectivity index (χ1n) is 9.41. The number of hydrogen-bond acceptors (Lipinski definition) is 5. The van der Waals surface area contributed by atoms with Crippen LogP contribution in [-0.4, -0.2) is 25.9 Å². The second kappa shape index (κ2) is 9.67. The number of rotatable bonds is 7. The fraction of sp³-hybridized carbons (Fsp3) is 0.143. The van der Waals surface area contributed by atoms with Crippen molar-refractivity contribution in [3.63, 3.8) is 0 Å². The van der Waals surface area contributed by atoms with Crippen molar-refractivity contribution in [1.82, 2.24) is 10.3 Å². The van der Waals surface area contributed by atoms with E-state index in [1.54, 1.807) is 6.92 Å². The molecule has 3 aromatic rings. The fourth-order valence-corrected chi connectivity index (χ4v) is 3.99. The summed E-state index contributed by atoms with van der Waals surface area (Å²) in [5, 5.41) is 2.02. The van der Waals surface area contributed by atoms with E-state index in [0.717, 1.165) is 12.1 Å². The molecule has 0 saturated heterocycles. The lowest BCUT2D eigenvalue weighted by Crippen LogP contribution is -2.23. The molecule has 0 fully saturated rings. The van der Waals surface area contributed by atoms with Crippen LogP contribution in [0.25, 0.3) is 0 Å². The molecule has 0 aliphatic heterocycles. The van der Waals surface area contributed by atoms with Crippen molar-refractivity contribution in [2.45, 2.75) is 18.0 Å². The van der Waals surface area contributed by atoms with Crippen molar-refractivity contribution in [3.8, 4) is 11.5 Å². The lowest BCUT2D eigenvalue weighted by Gasteiger charge is -2.13. The number of aromatic nitrogens is 1. The zero-order valence-corrected chi connectivity index (χ0v) is 18.6. The van der Waals surface area contributed by atoms with Crippen LogP contribution in [0, 0.1) is 0 Å². The first-order chi connectivity index (χ1) is 15.5. The quantitative estimate of drug-likeness (QED) is 0.471. The van der Waals surface area contributed by atoms with Crippen molar-refractivity contribution in [2.75, 3.05) is 11.3 Å². The van der Waals surface area contributed by atoms with Crippen molar-refractivity contribution in [3.05, 3.63) is 77.1 Å². The molecule has 2 aromatic carbocycles. The van der Waals surface area contributed by atoms with E-state index in [1.165, 1.54) is 42.6 Å². The summed E-state index contributed by atoms with van der Waals surface area (Å²) in [6.07, 6.45) is -3.39. The third-order valence-corrected chi connectivity index (χ3v) is 5.91. The van der Waals surface area contributed by atoms with Gasteiger partial charge < -0.3 is 10.1 Å². The zero-order chi connectivity index (χ0) is 24.2. The molecule has 0 saturated carbocycles. The Bertz CT molecular complexity index is 1270. The Labute approximate surface area is 192 Å². The molecule has 33 heavy (non-hydrogen) atoms. The Morgan fingerprint density at radius 3 is 2.39 bits per heavy atom. The van der Waals surface area contributed by atoms with E-state index in [2.05, 4.69) is 15.0 Å². The maximum absolute atomic E-state index is 13.0. The topological polar surface area (TPSA) is 97.4 Å². The molecule has 174 valence electrons. The number of anilines is 1. The van der Waals surface area contributed by atoms with E-state index in [-0.39, 0.29) is 17.3 Å². The highest BCUT2D eigenvalue weighted by Gasteiger charge is 2.34. The molecule has 0 atom stereocenters. The highest BCUT2D eigenvalue weighted by Crippen LogP contribution is 2.36. The molecule has 1 aromatic heterocycles. The molecular weight excluding hydrogens is 483 g/mol. The standard InChI is InChI=1S/C21H17ClF3N3O4S/c1-2-26-20(29)19-11-15(9-10-27-19)32-14-5-3-13(4-6-14)28-33(30,31)16-7-8-18(22)17(12-16)21(23,24)25/h3-12,28H,2H2,1H3,(H,26,29). The first-order valence-corrected chi connectivity index (χ1v) is 11.3. The molecule has 0 bridgehead atoms. The molecule has 0 aliphatic carbocycles. The highest BCUT2D eigenvalue weighted by atomic mass is 35.5. The number of alkyl halides is 3. The molecule has 12 heteroatoms. The van der Waals surface area contributed by atoms with Crippen LogP contribution >= 0.6 is 11.6 Å². The first kappa shape index (κ1) is 24.3. The van der Waals surface area contributed by atoms with Crippen LogP contribution in [0.3, 0.4) is 0 Å². The number of carbonyl (C=O) groups is 1. The minimum Gasteiger partial charge on any atom is -0.457 e. The summed E-state index contributed by atoms with van der Waals surface area (Å²) < 4.78 is 72.0. The molecule has 0 radical (unpaired) electrons. The Kier molecular flexibility index (Phi) is 7.13. The lowest BCUT2D eigenvalue weighted by molar-refractivity contribution is -0.137. The molecular formula is C21H17ClF3N3O4S. The van der Waals surface area contributed by atoms with Gasteiger partial charge in [-0.15, -0.1) is 0 Å². The Hall–Kier alpha value is -3.31. The molecule has 0 aliphatic rings. The number of carbonyl (C=O) groups excluding carboxylic acids is 1. The van der Waals surface area contributed by atoms with Crippen molar-refractivity contribution >= 4 is 33.2 Å². The van der Waals surface area contributed by atoms with Gasteiger partial charge in [0.1, 0.15) is 17.2 Å². The monoisotopic (exact) mass is 499 g/mol. The third-order valence-electron chi connectivity index (χ3n) is 4.20. The smallest absolute Gasteiger partial charge is 0.417 e. The van der Waals surface area contributed by atoms with Crippen molar-refractivity contribution < 1.29 is 31.1 Å². The molecule has 1 heterocycles. The lowest BCUT2D eigenvalue weighted by atomic mass is 10.2. The number of sulfonamides is 1. The van der Waals surface area contributed by atoms with Crippen LogP contribution in [0.15, 0.2) is 65.7 Å². The third kappa shape index (κ3) is 6.14. The summed E-state index contributed by atoms with van der Waals surface area (Å²) >= 11 is 5.54. The van der Waals surface area contributed by atoms with Gasteiger partial charge >= 0.3 is 6.18 Å². The van der Waals surface area contributed by atoms with Crippen LogP contribution in [0.1, 0.15) is 23.0 Å². The second-order valence-electron chi connectivity index (χ2n) is 6.61. The Balaban J connectivity index is 1.75. The summed E-state index contributed by atoms with van der Waals surface area (Å²) in [4.78, 5) is 15.2. The Morgan fingerprint density at radius 1 is 1.06 bits per heavy atom. The minimum atomic E-state index is -4.80. The molecule has 1 amide bonds. The van der Waals surface area contributed by atoms with Crippen LogP contribution in [0.4, 0.5) is 18.9 Å². The molecule has 3 rings (SSSR count). The van der Waals surface area contributed by atoms with Crippen LogP contribution in [-0.2, 0) is 16.2 Å². The molecule has 7 nitrogen and oxygen atoms in total. The molecule has 2 N–H and O–H groups in total. The van der Waals surface area contributed by atoms with Gasteiger partial charge in [0.15, 0.2) is 0 Å². The Morgan fingerprint density at radius 2 is 1.76 bits per heavy atom. The minimum absolute atomic E-state index is 0.101. The number of pyridine rings is 1. The van der Waals surface area contributed by atoms with E-state index in [0.29, 0.717) is 24.1 Å². The van der Waals surface area contributed by atoms with Gasteiger partial charge in [-0.05, 0) is 55.5 Å². The zero-order valence-electron chi connectivity index (χ0n) is 17.0. The average Bonchev–Trinajstić information content (AvgIpc) is 2.74. The van der Waals surface area contributed by atoms with Gasteiger partial charge in [-0.1, -0.05) is 11.6 Å². The number of halogens is 4. The summed E-state index contributed by atoms with van der Waals surface area (Å²) in [5.74, 6) is 0.306. The van der Waals surface area contributed by atoms with Crippen LogP contribution in [0.2, 0.25) is 5.02 Å². The maximum atomic E-state index is 13.0. The maximum Gasteiger partial charge on any atom is 0.417 e. The fourth-order valence-electron chi connectivity index (χ4n) is 2.68. The normalized spacial score (nSPS) is 11.7. The van der Waals surface area contributed by atoms with Crippen LogP contribution < -0.4 is 14.8 Å². The number of ether oxygens (including phenoxy) is 1. The predicted octanol–water partition coefficient (Wildman–Crippen LogP) is 5.10. The SMILES string of the molecule is CCNC(=O)c1cc(Oc2ccc(NS(=O)(=O)c3ccc(Cl)c(C(F)(F)F)c3)cc2)ccn1. The molecule has 0 unspecified atom stereocenters. The average molecular weight is 500 g/mol. The number of nitrogens with zero attached hydrogens (tertiary/aromatic N) is 1. The summed E-state index contributed by atoms with van der Waals surface area (Å²) in [5.41, 5.74) is -0.983. The number of benzene rings is 2. The van der Waals surface area contributed by atoms with Gasteiger partial charge in [0, 0.05) is 24.5 Å². The van der Waals surface area contributed by atoms with Crippen molar-refractivity contribution in [2.24, 2.45) is 0 Å².